The molecule has 4 N–H and O–H groups in total. The SMILES string of the molecule is OP(O)(=S)OOP(O)(O)=S(C1CCCCC1)C1CCCCC1. The Bertz CT molecular complexity index is 442. The Morgan fingerprint density at radius 2 is 1.14 bits per heavy atom. The predicted octanol–water partition coefficient (Wildman–Crippen LogP) is 3.09. The van der Waals surface area contributed by atoms with Crippen LogP contribution in [0.2, 0.25) is 0 Å². The van der Waals surface area contributed by atoms with Crippen molar-refractivity contribution in [2.75, 3.05) is 0 Å². The van der Waals surface area contributed by atoms with Gasteiger partial charge in [0.05, 0.1) is 0 Å². The summed E-state index contributed by atoms with van der Waals surface area (Å²) in [4.78, 5) is 39.3. The lowest BCUT2D eigenvalue weighted by molar-refractivity contribution is -0.121. The van der Waals surface area contributed by atoms with Gasteiger partial charge in [0, 0.05) is 10.5 Å². The molecule has 0 bridgehead atoms. The standard InChI is InChI=1S/C12H26O6P2S2/c13-19(14,21)17-18-20(15,16)22(11-7-3-1-4-8-11)12-9-5-2-6-10-12/h11-12,15-16H,1-10H2,(H2,13,14,21). The highest BCUT2D eigenvalue weighted by molar-refractivity contribution is 8.28. The fraction of sp³-hybridized carbons (Fsp3) is 1.00. The molecule has 2 rings (SSSR count). The van der Waals surface area contributed by atoms with Crippen molar-refractivity contribution < 1.29 is 28.9 Å². The molecule has 0 aromatic rings. The van der Waals surface area contributed by atoms with Gasteiger partial charge in [-0.2, -0.15) is 0 Å². The van der Waals surface area contributed by atoms with Crippen molar-refractivity contribution in [2.45, 2.75) is 74.7 Å². The summed E-state index contributed by atoms with van der Waals surface area (Å²) in [5, 5.41) is 0.443. The summed E-state index contributed by atoms with van der Waals surface area (Å²) in [6.07, 6.45) is 10.6. The summed E-state index contributed by atoms with van der Waals surface area (Å²) < 4.78 is 9.09. The van der Waals surface area contributed by atoms with E-state index in [0.29, 0.717) is 0 Å². The molecule has 2 saturated carbocycles. The van der Waals surface area contributed by atoms with Crippen molar-refractivity contribution in [2.24, 2.45) is 0 Å². The quantitative estimate of drug-likeness (QED) is 0.324. The van der Waals surface area contributed by atoms with Crippen LogP contribution in [0.3, 0.4) is 0 Å². The number of rotatable bonds is 5. The summed E-state index contributed by atoms with van der Waals surface area (Å²) in [6, 6.07) is 0. The largest absolute Gasteiger partial charge is 0.351 e. The van der Waals surface area contributed by atoms with Gasteiger partial charge in [-0.3, -0.25) is 0 Å². The Labute approximate surface area is 139 Å². The maximum atomic E-state index is 10.5. The third-order valence-electron chi connectivity index (χ3n) is 4.29. The molecule has 0 radical (unpaired) electrons. The van der Waals surface area contributed by atoms with Gasteiger partial charge in [-0.1, -0.05) is 38.5 Å². The van der Waals surface area contributed by atoms with Gasteiger partial charge in [-0.15, -0.1) is 19.4 Å². The minimum Gasteiger partial charge on any atom is -0.327 e. The molecule has 0 unspecified atom stereocenters. The fourth-order valence-corrected chi connectivity index (χ4v) is 11.4. The lowest BCUT2D eigenvalue weighted by Crippen LogP contribution is -2.30. The maximum Gasteiger partial charge on any atom is 0.351 e. The minimum atomic E-state index is -4.06. The number of hydrogen-bond donors (Lipinski definition) is 4. The van der Waals surface area contributed by atoms with Crippen molar-refractivity contribution >= 4 is 35.3 Å². The molecular weight excluding hydrogens is 366 g/mol. The van der Waals surface area contributed by atoms with Gasteiger partial charge in [-0.25, -0.2) is 0 Å². The zero-order valence-corrected chi connectivity index (χ0v) is 16.0. The molecule has 0 atom stereocenters. The fourth-order valence-electron chi connectivity index (χ4n) is 3.40. The van der Waals surface area contributed by atoms with E-state index in [4.69, 9.17) is 14.5 Å². The molecule has 22 heavy (non-hydrogen) atoms. The molecule has 10 heteroatoms. The molecule has 0 aromatic heterocycles. The van der Waals surface area contributed by atoms with E-state index in [-0.39, 0.29) is 10.5 Å². The van der Waals surface area contributed by atoms with Crippen molar-refractivity contribution in [1.82, 2.24) is 0 Å². The van der Waals surface area contributed by atoms with Gasteiger partial charge >= 0.3 is 13.4 Å². The monoisotopic (exact) mass is 392 g/mol. The summed E-state index contributed by atoms with van der Waals surface area (Å²) in [6.45, 7) is -7.90. The molecular formula is C12H26O6P2S2. The first kappa shape index (κ1) is 19.5. The van der Waals surface area contributed by atoms with Gasteiger partial charge in [0.2, 0.25) is 0 Å². The lowest BCUT2D eigenvalue weighted by Gasteiger charge is -2.36. The van der Waals surface area contributed by atoms with Crippen LogP contribution in [0, 0.1) is 0 Å². The van der Waals surface area contributed by atoms with Crippen LogP contribution in [0.25, 0.3) is 0 Å². The second-order valence-corrected chi connectivity index (χ2v) is 14.4. The van der Waals surface area contributed by atoms with Gasteiger partial charge in [-0.05, 0) is 37.5 Å². The van der Waals surface area contributed by atoms with Crippen LogP contribution in [0.5, 0.6) is 0 Å². The van der Waals surface area contributed by atoms with E-state index >= 15 is 0 Å². The van der Waals surface area contributed by atoms with E-state index in [1.165, 1.54) is 12.8 Å². The smallest absolute Gasteiger partial charge is 0.327 e. The van der Waals surface area contributed by atoms with Gasteiger partial charge in [0.25, 0.3) is 0 Å². The third kappa shape index (κ3) is 5.92. The van der Waals surface area contributed by atoms with Crippen molar-refractivity contribution in [3.63, 3.8) is 0 Å². The average Bonchev–Trinajstić information content (AvgIpc) is 2.47. The van der Waals surface area contributed by atoms with E-state index < -0.39 is 23.5 Å². The highest BCUT2D eigenvalue weighted by atomic mass is 32.5. The number of hydrogen-bond acceptors (Lipinski definition) is 3. The van der Waals surface area contributed by atoms with Gasteiger partial charge < -0.3 is 19.6 Å². The molecule has 0 heterocycles. The van der Waals surface area contributed by atoms with Gasteiger partial charge in [0.15, 0.2) is 0 Å². The molecule has 0 aromatic carbocycles. The van der Waals surface area contributed by atoms with E-state index in [2.05, 4.69) is 16.5 Å². The van der Waals surface area contributed by atoms with Crippen molar-refractivity contribution in [3.8, 4) is 0 Å². The van der Waals surface area contributed by atoms with Crippen LogP contribution in [0.4, 0.5) is 0 Å². The normalized spacial score (nSPS) is 23.1. The molecule has 6 nitrogen and oxygen atoms in total. The van der Waals surface area contributed by atoms with E-state index in [1.54, 1.807) is 0 Å². The molecule has 2 fully saturated rings. The van der Waals surface area contributed by atoms with Crippen molar-refractivity contribution in [1.29, 1.82) is 0 Å². The van der Waals surface area contributed by atoms with Crippen LogP contribution in [-0.2, 0) is 31.2 Å². The highest BCUT2D eigenvalue weighted by Gasteiger charge is 2.34. The van der Waals surface area contributed by atoms with E-state index in [1.807, 2.05) is 0 Å². The summed E-state index contributed by atoms with van der Waals surface area (Å²) in [5.74, 6) is 0. The van der Waals surface area contributed by atoms with E-state index in [9.17, 15) is 9.79 Å². The Hall–Kier alpha value is 1.19. The second kappa shape index (κ2) is 8.52. The second-order valence-electron chi connectivity index (χ2n) is 6.00. The van der Waals surface area contributed by atoms with Crippen molar-refractivity contribution in [3.05, 3.63) is 0 Å². The highest BCUT2D eigenvalue weighted by Crippen LogP contribution is 2.54. The van der Waals surface area contributed by atoms with Crippen LogP contribution >= 0.6 is 13.4 Å². The molecule has 132 valence electrons. The first-order valence-corrected chi connectivity index (χ1v) is 14.0. The first-order valence-electron chi connectivity index (χ1n) is 7.80. The predicted molar refractivity (Wildman–Crippen MR) is 93.4 cm³/mol. The Kier molecular flexibility index (Phi) is 7.56. The zero-order valence-electron chi connectivity index (χ0n) is 12.5. The maximum absolute atomic E-state index is 10.5. The third-order valence-corrected chi connectivity index (χ3v) is 11.6. The summed E-state index contributed by atoms with van der Waals surface area (Å²) in [5.41, 5.74) is 0. The molecule has 0 saturated heterocycles. The molecule has 0 amide bonds. The average molecular weight is 392 g/mol. The minimum absolute atomic E-state index is 0.221. The van der Waals surface area contributed by atoms with Crippen LogP contribution in [-0.4, -0.2) is 30.1 Å². The Morgan fingerprint density at radius 1 is 0.727 bits per heavy atom. The van der Waals surface area contributed by atoms with E-state index in [0.717, 1.165) is 51.4 Å². The first-order chi connectivity index (χ1) is 10.3. The van der Waals surface area contributed by atoms with Crippen LogP contribution in [0.15, 0.2) is 0 Å². The Morgan fingerprint density at radius 3 is 1.50 bits per heavy atom. The Balaban J connectivity index is 2.26. The molecule has 2 aliphatic rings. The molecule has 0 aliphatic heterocycles. The molecule has 0 spiro atoms. The summed E-state index contributed by atoms with van der Waals surface area (Å²) in [7, 11) is -0.718. The molecule has 2 aliphatic carbocycles. The van der Waals surface area contributed by atoms with Crippen LogP contribution < -0.4 is 0 Å². The lowest BCUT2D eigenvalue weighted by atomic mass is 10.00. The topological polar surface area (TPSA) is 99.4 Å². The zero-order chi connectivity index (χ0) is 16.2. The van der Waals surface area contributed by atoms with Crippen LogP contribution in [0.1, 0.15) is 64.2 Å². The van der Waals surface area contributed by atoms with Gasteiger partial charge in [0.1, 0.15) is 0 Å². The summed E-state index contributed by atoms with van der Waals surface area (Å²) >= 11 is 4.33.